The van der Waals surface area contributed by atoms with E-state index < -0.39 is 15.8 Å². The van der Waals surface area contributed by atoms with Gasteiger partial charge in [-0.3, -0.25) is 4.72 Å². The fraction of sp³-hybridized carbons (Fsp3) is 0.250. The normalized spacial score (nSPS) is 11.5. The molecule has 5 heteroatoms. The Bertz CT molecular complexity index is 775. The Morgan fingerprint density at radius 1 is 0.905 bits per heavy atom. The summed E-state index contributed by atoms with van der Waals surface area (Å²) < 4.78 is 41.1. The Morgan fingerprint density at radius 2 is 1.48 bits per heavy atom. The van der Waals surface area contributed by atoms with E-state index in [-0.39, 0.29) is 4.90 Å². The number of halogens is 1. The fourth-order valence-corrected chi connectivity index (χ4v) is 3.94. The summed E-state index contributed by atoms with van der Waals surface area (Å²) >= 11 is 0. The van der Waals surface area contributed by atoms with Crippen LogP contribution in [-0.4, -0.2) is 8.42 Å². The third kappa shape index (κ3) is 3.24. The molecule has 0 saturated heterocycles. The maximum Gasteiger partial charge on any atom is 0.262 e. The van der Waals surface area contributed by atoms with Gasteiger partial charge in [-0.05, 0) is 68.1 Å². The van der Waals surface area contributed by atoms with Crippen LogP contribution in [0.2, 0.25) is 0 Å². The molecule has 0 fully saturated rings. The van der Waals surface area contributed by atoms with Gasteiger partial charge in [-0.2, -0.15) is 0 Å². The van der Waals surface area contributed by atoms with E-state index in [1.54, 1.807) is 19.9 Å². The van der Waals surface area contributed by atoms with Gasteiger partial charge in [0.15, 0.2) is 0 Å². The van der Waals surface area contributed by atoms with Crippen LogP contribution in [0.15, 0.2) is 35.2 Å². The predicted octanol–water partition coefficient (Wildman–Crippen LogP) is 3.86. The minimum atomic E-state index is -3.75. The van der Waals surface area contributed by atoms with E-state index in [0.717, 1.165) is 11.1 Å². The number of anilines is 1. The highest BCUT2D eigenvalue weighted by atomic mass is 32.2. The Kier molecular flexibility index (Phi) is 4.05. The minimum absolute atomic E-state index is 0.129. The molecule has 0 heterocycles. The zero-order valence-electron chi connectivity index (χ0n) is 12.5. The van der Waals surface area contributed by atoms with Crippen LogP contribution in [0.5, 0.6) is 0 Å². The SMILES string of the molecule is Cc1ccc(C)c(NS(=O)(=O)c2c(C)cc(F)cc2C)c1. The van der Waals surface area contributed by atoms with Gasteiger partial charge in [-0.1, -0.05) is 12.1 Å². The predicted molar refractivity (Wildman–Crippen MR) is 82.6 cm³/mol. The molecule has 0 aliphatic heterocycles. The molecule has 0 bridgehead atoms. The van der Waals surface area contributed by atoms with E-state index >= 15 is 0 Å². The van der Waals surface area contributed by atoms with Crippen molar-refractivity contribution in [3.05, 3.63) is 58.4 Å². The topological polar surface area (TPSA) is 46.2 Å². The average Bonchev–Trinajstić information content (AvgIpc) is 2.31. The van der Waals surface area contributed by atoms with Gasteiger partial charge in [0.05, 0.1) is 10.6 Å². The molecule has 112 valence electrons. The van der Waals surface area contributed by atoms with Crippen molar-refractivity contribution >= 4 is 15.7 Å². The summed E-state index contributed by atoms with van der Waals surface area (Å²) in [5.74, 6) is -0.435. The van der Waals surface area contributed by atoms with Gasteiger partial charge in [0.1, 0.15) is 5.82 Å². The maximum atomic E-state index is 13.3. The van der Waals surface area contributed by atoms with Gasteiger partial charge in [-0.25, -0.2) is 12.8 Å². The number of aryl methyl sites for hydroxylation is 4. The van der Waals surface area contributed by atoms with Crippen LogP contribution < -0.4 is 4.72 Å². The second-order valence-corrected chi connectivity index (χ2v) is 6.91. The van der Waals surface area contributed by atoms with E-state index in [1.165, 1.54) is 12.1 Å². The highest BCUT2D eigenvalue weighted by molar-refractivity contribution is 7.92. The van der Waals surface area contributed by atoms with Gasteiger partial charge in [0.25, 0.3) is 10.0 Å². The molecule has 21 heavy (non-hydrogen) atoms. The first-order chi connectivity index (χ1) is 9.70. The Morgan fingerprint density at radius 3 is 2.05 bits per heavy atom. The van der Waals surface area contributed by atoms with Crippen LogP contribution in [-0.2, 0) is 10.0 Å². The molecule has 0 aromatic heterocycles. The van der Waals surface area contributed by atoms with Crippen molar-refractivity contribution in [2.24, 2.45) is 0 Å². The lowest BCUT2D eigenvalue weighted by molar-refractivity contribution is 0.597. The molecule has 1 N–H and O–H groups in total. The molecular formula is C16H18FNO2S. The first-order valence-corrected chi connectivity index (χ1v) is 8.06. The van der Waals surface area contributed by atoms with E-state index in [4.69, 9.17) is 0 Å². The van der Waals surface area contributed by atoms with E-state index in [9.17, 15) is 12.8 Å². The lowest BCUT2D eigenvalue weighted by Gasteiger charge is -2.15. The number of hydrogen-bond acceptors (Lipinski definition) is 2. The van der Waals surface area contributed by atoms with E-state index in [2.05, 4.69) is 4.72 Å². The summed E-state index contributed by atoms with van der Waals surface area (Å²) in [6.45, 7) is 6.91. The number of benzene rings is 2. The zero-order valence-corrected chi connectivity index (χ0v) is 13.3. The quantitative estimate of drug-likeness (QED) is 0.936. The molecule has 0 spiro atoms. The summed E-state index contributed by atoms with van der Waals surface area (Å²) in [5, 5.41) is 0. The zero-order chi connectivity index (χ0) is 15.8. The smallest absolute Gasteiger partial charge is 0.262 e. The lowest BCUT2D eigenvalue weighted by atomic mass is 10.1. The van der Waals surface area contributed by atoms with E-state index in [0.29, 0.717) is 16.8 Å². The van der Waals surface area contributed by atoms with Crippen molar-refractivity contribution in [3.8, 4) is 0 Å². The van der Waals surface area contributed by atoms with Crippen molar-refractivity contribution in [2.75, 3.05) is 4.72 Å². The summed E-state index contributed by atoms with van der Waals surface area (Å²) in [6.07, 6.45) is 0. The number of rotatable bonds is 3. The van der Waals surface area contributed by atoms with Crippen LogP contribution >= 0.6 is 0 Å². The molecule has 2 rings (SSSR count). The second kappa shape index (κ2) is 5.48. The average molecular weight is 307 g/mol. The summed E-state index contributed by atoms with van der Waals surface area (Å²) in [4.78, 5) is 0.129. The van der Waals surface area contributed by atoms with Gasteiger partial charge in [0, 0.05) is 0 Å². The van der Waals surface area contributed by atoms with Gasteiger partial charge in [-0.15, -0.1) is 0 Å². The van der Waals surface area contributed by atoms with Crippen LogP contribution in [0.25, 0.3) is 0 Å². The number of hydrogen-bond donors (Lipinski definition) is 1. The van der Waals surface area contributed by atoms with Crippen LogP contribution in [0.3, 0.4) is 0 Å². The Balaban J connectivity index is 2.51. The Hall–Kier alpha value is -1.88. The van der Waals surface area contributed by atoms with E-state index in [1.807, 2.05) is 26.0 Å². The summed E-state index contributed by atoms with van der Waals surface area (Å²) in [5.41, 5.74) is 3.13. The molecular weight excluding hydrogens is 289 g/mol. The van der Waals surface area contributed by atoms with Crippen molar-refractivity contribution in [2.45, 2.75) is 32.6 Å². The van der Waals surface area contributed by atoms with Crippen molar-refractivity contribution in [1.82, 2.24) is 0 Å². The second-order valence-electron chi connectivity index (χ2n) is 5.29. The van der Waals surface area contributed by atoms with Crippen molar-refractivity contribution in [1.29, 1.82) is 0 Å². The minimum Gasteiger partial charge on any atom is -0.279 e. The van der Waals surface area contributed by atoms with Crippen LogP contribution in [0, 0.1) is 33.5 Å². The summed E-state index contributed by atoms with van der Waals surface area (Å²) in [7, 11) is -3.75. The molecule has 0 aliphatic rings. The Labute approximate surface area is 124 Å². The number of nitrogens with one attached hydrogen (secondary N) is 1. The molecule has 0 radical (unpaired) electrons. The molecule has 2 aromatic carbocycles. The van der Waals surface area contributed by atoms with Gasteiger partial charge >= 0.3 is 0 Å². The van der Waals surface area contributed by atoms with Gasteiger partial charge in [0.2, 0.25) is 0 Å². The lowest BCUT2D eigenvalue weighted by Crippen LogP contribution is -2.16. The standard InChI is InChI=1S/C16H18FNO2S/c1-10-5-6-11(2)15(7-10)18-21(19,20)16-12(3)8-14(17)9-13(16)4/h5-9,18H,1-4H3. The first-order valence-electron chi connectivity index (χ1n) is 6.57. The monoisotopic (exact) mass is 307 g/mol. The van der Waals surface area contributed by atoms with Gasteiger partial charge < -0.3 is 0 Å². The largest absolute Gasteiger partial charge is 0.279 e. The fourth-order valence-electron chi connectivity index (χ4n) is 2.36. The van der Waals surface area contributed by atoms with Crippen LogP contribution in [0.1, 0.15) is 22.3 Å². The molecule has 3 nitrogen and oxygen atoms in total. The molecule has 0 atom stereocenters. The molecule has 0 aliphatic carbocycles. The third-order valence-corrected chi connectivity index (χ3v) is 5.00. The van der Waals surface area contributed by atoms with Crippen molar-refractivity contribution < 1.29 is 12.8 Å². The van der Waals surface area contributed by atoms with Crippen LogP contribution in [0.4, 0.5) is 10.1 Å². The molecule has 0 unspecified atom stereocenters. The molecule has 2 aromatic rings. The first kappa shape index (κ1) is 15.5. The van der Waals surface area contributed by atoms with Crippen molar-refractivity contribution in [3.63, 3.8) is 0 Å². The molecule has 0 amide bonds. The summed E-state index contributed by atoms with van der Waals surface area (Å²) in [6, 6.07) is 8.01. The highest BCUT2D eigenvalue weighted by Gasteiger charge is 2.21. The number of sulfonamides is 1. The highest BCUT2D eigenvalue weighted by Crippen LogP contribution is 2.26. The third-order valence-electron chi connectivity index (χ3n) is 3.33. The molecule has 0 saturated carbocycles. The maximum absolute atomic E-state index is 13.3.